The van der Waals surface area contributed by atoms with Crippen molar-refractivity contribution >= 4 is 65.4 Å². The van der Waals surface area contributed by atoms with E-state index in [1.165, 1.54) is 43.4 Å². The monoisotopic (exact) mass is 804 g/mol. The van der Waals surface area contributed by atoms with Gasteiger partial charge in [-0.05, 0) is 72.8 Å². The molecule has 0 saturated carbocycles. The summed E-state index contributed by atoms with van der Waals surface area (Å²) < 4.78 is 7.10. The van der Waals surface area contributed by atoms with E-state index in [1.54, 1.807) is 0 Å². The van der Waals surface area contributed by atoms with Crippen molar-refractivity contribution in [2.75, 3.05) is 0 Å². The van der Waals surface area contributed by atoms with Crippen LogP contribution in [-0.4, -0.2) is 28.7 Å². The van der Waals surface area contributed by atoms with Gasteiger partial charge in [-0.2, -0.15) is 0 Å². The maximum absolute atomic E-state index is 5.26. The van der Waals surface area contributed by atoms with Crippen molar-refractivity contribution in [3.63, 3.8) is 0 Å². The molecule has 13 aromatic rings. The van der Waals surface area contributed by atoms with E-state index in [9.17, 15) is 0 Å². The van der Waals surface area contributed by atoms with Gasteiger partial charge in [0.2, 0.25) is 0 Å². The lowest BCUT2D eigenvalue weighted by atomic mass is 10.1. The molecule has 6 nitrogen and oxygen atoms in total. The summed E-state index contributed by atoms with van der Waals surface area (Å²) in [6, 6.07) is 77.2. The van der Waals surface area contributed by atoms with Gasteiger partial charge in [-0.1, -0.05) is 146 Å². The van der Waals surface area contributed by atoms with Crippen molar-refractivity contribution in [2.24, 2.45) is 0 Å². The molecule has 0 unspecified atom stereocenters. The molecule has 63 heavy (non-hydrogen) atoms. The molecule has 0 spiro atoms. The largest absolute Gasteiger partial charge is 0.309 e. The predicted octanol–water partition coefficient (Wildman–Crippen LogP) is 14.2. The summed E-state index contributed by atoms with van der Waals surface area (Å²) in [5.74, 6) is 1.84. The molecule has 0 fully saturated rings. The third-order valence-corrected chi connectivity index (χ3v) is 12.5. The fourth-order valence-electron chi connectivity index (χ4n) is 9.77. The van der Waals surface area contributed by atoms with Crippen molar-refractivity contribution in [1.29, 1.82) is 0 Å². The smallest absolute Gasteiger partial charge is 0.164 e. The summed E-state index contributed by atoms with van der Waals surface area (Å²) in [6.07, 6.45) is 0. The van der Waals surface area contributed by atoms with Crippen molar-refractivity contribution in [3.8, 4) is 51.2 Å². The second-order valence-electron chi connectivity index (χ2n) is 16.0. The maximum Gasteiger partial charge on any atom is 0.164 e. The first-order chi connectivity index (χ1) is 31.3. The van der Waals surface area contributed by atoms with Crippen LogP contribution in [0.2, 0.25) is 0 Å². The average Bonchev–Trinajstić information content (AvgIpc) is 4.00. The van der Waals surface area contributed by atoms with E-state index in [2.05, 4.69) is 214 Å². The first kappa shape index (κ1) is 35.2. The molecule has 13 rings (SSSR count). The molecule has 0 radical (unpaired) electrons. The average molecular weight is 805 g/mol. The van der Waals surface area contributed by atoms with Crippen molar-refractivity contribution in [2.45, 2.75) is 0 Å². The SMILES string of the molecule is c1ccc(-c2nc(-c3cccc(-n4c5ccccc5c5ccccc54)c3)nc(-c3cccc(-n4c5ccccc5c5c6c7ccccc7n(-c7ccccc7)c6ccc54)c3)n2)cc1. The standard InChI is InChI=1S/C57H36N6/c1-3-17-37(18-4-1)55-58-56(38-19-15-23-41(35-38)62-47-29-11-7-25-43(47)44-26-8-12-30-48(44)62)60-57(59-55)39-20-16-24-42(36-39)63-50-32-14-10-28-46(50)54-52(63)34-33-51-53(54)45-27-9-13-31-49(45)61(51)40-21-5-2-6-22-40/h1-36H. The molecule has 0 aliphatic heterocycles. The lowest BCUT2D eigenvalue weighted by Gasteiger charge is -2.13. The molecule has 0 aliphatic carbocycles. The maximum atomic E-state index is 5.26. The van der Waals surface area contributed by atoms with Gasteiger partial charge in [0.25, 0.3) is 0 Å². The summed E-state index contributed by atoms with van der Waals surface area (Å²) in [4.78, 5) is 15.6. The van der Waals surface area contributed by atoms with Crippen LogP contribution in [0.3, 0.4) is 0 Å². The van der Waals surface area contributed by atoms with Gasteiger partial charge in [-0.3, -0.25) is 0 Å². The van der Waals surface area contributed by atoms with Gasteiger partial charge >= 0.3 is 0 Å². The van der Waals surface area contributed by atoms with Gasteiger partial charge in [0, 0.05) is 66.1 Å². The fraction of sp³-hybridized carbons (Fsp3) is 0. The molecular formula is C57H36N6. The number of rotatable bonds is 6. The number of hydrogen-bond donors (Lipinski definition) is 0. The van der Waals surface area contributed by atoms with Crippen LogP contribution in [-0.2, 0) is 0 Å². The van der Waals surface area contributed by atoms with Gasteiger partial charge in [-0.15, -0.1) is 0 Å². The van der Waals surface area contributed by atoms with Crippen LogP contribution in [0.15, 0.2) is 218 Å². The Bertz CT molecular complexity index is 3860. The zero-order valence-corrected chi connectivity index (χ0v) is 34.0. The second kappa shape index (κ2) is 14.0. The summed E-state index contributed by atoms with van der Waals surface area (Å²) in [7, 11) is 0. The molecule has 0 bridgehead atoms. The number of fused-ring (bicyclic) bond motifs is 10. The second-order valence-corrected chi connectivity index (χ2v) is 16.0. The van der Waals surface area contributed by atoms with Crippen molar-refractivity contribution in [3.05, 3.63) is 218 Å². The summed E-state index contributed by atoms with van der Waals surface area (Å²) >= 11 is 0. The van der Waals surface area contributed by atoms with E-state index in [0.29, 0.717) is 17.5 Å². The van der Waals surface area contributed by atoms with E-state index in [1.807, 2.05) is 18.2 Å². The van der Waals surface area contributed by atoms with Gasteiger partial charge in [0.1, 0.15) is 0 Å². The van der Waals surface area contributed by atoms with Crippen LogP contribution >= 0.6 is 0 Å². The van der Waals surface area contributed by atoms with Gasteiger partial charge in [0.15, 0.2) is 17.5 Å². The molecule has 294 valence electrons. The lowest BCUT2D eigenvalue weighted by Crippen LogP contribution is -2.02. The van der Waals surface area contributed by atoms with Crippen LogP contribution in [0.1, 0.15) is 0 Å². The van der Waals surface area contributed by atoms with Gasteiger partial charge in [-0.25, -0.2) is 15.0 Å². The molecule has 0 atom stereocenters. The summed E-state index contributed by atoms with van der Waals surface area (Å²) in [6.45, 7) is 0. The highest BCUT2D eigenvalue weighted by molar-refractivity contribution is 6.29. The molecule has 0 N–H and O–H groups in total. The quantitative estimate of drug-likeness (QED) is 0.168. The Labute approximate surface area is 362 Å². The normalized spacial score (nSPS) is 11.8. The van der Waals surface area contributed by atoms with E-state index in [-0.39, 0.29) is 0 Å². The first-order valence-corrected chi connectivity index (χ1v) is 21.3. The van der Waals surface area contributed by atoms with E-state index >= 15 is 0 Å². The van der Waals surface area contributed by atoms with Crippen LogP contribution in [0.4, 0.5) is 0 Å². The van der Waals surface area contributed by atoms with Gasteiger partial charge in [0.05, 0.1) is 33.1 Å². The third kappa shape index (κ3) is 5.48. The number of para-hydroxylation sites is 5. The van der Waals surface area contributed by atoms with Crippen molar-refractivity contribution < 1.29 is 0 Å². The summed E-state index contributed by atoms with van der Waals surface area (Å²) in [5.41, 5.74) is 12.9. The molecular weight excluding hydrogens is 769 g/mol. The highest BCUT2D eigenvalue weighted by Crippen LogP contribution is 2.43. The molecule has 4 aromatic heterocycles. The molecule has 0 amide bonds. The highest BCUT2D eigenvalue weighted by Gasteiger charge is 2.21. The van der Waals surface area contributed by atoms with Crippen LogP contribution in [0.5, 0.6) is 0 Å². The Balaban J connectivity index is 0.999. The Kier molecular flexibility index (Phi) is 7.80. The first-order valence-electron chi connectivity index (χ1n) is 21.3. The number of aromatic nitrogens is 6. The predicted molar refractivity (Wildman–Crippen MR) is 259 cm³/mol. The van der Waals surface area contributed by atoms with Gasteiger partial charge < -0.3 is 13.7 Å². The summed E-state index contributed by atoms with van der Waals surface area (Å²) in [5, 5.41) is 7.35. The molecule has 0 saturated heterocycles. The Morgan fingerprint density at radius 1 is 0.238 bits per heavy atom. The third-order valence-electron chi connectivity index (χ3n) is 12.5. The van der Waals surface area contributed by atoms with Crippen LogP contribution in [0.25, 0.3) is 117 Å². The van der Waals surface area contributed by atoms with E-state index in [0.717, 1.165) is 55.8 Å². The van der Waals surface area contributed by atoms with Crippen LogP contribution < -0.4 is 0 Å². The van der Waals surface area contributed by atoms with E-state index in [4.69, 9.17) is 15.0 Å². The lowest BCUT2D eigenvalue weighted by molar-refractivity contribution is 1.07. The minimum atomic E-state index is 0.608. The number of hydrogen-bond acceptors (Lipinski definition) is 3. The molecule has 9 aromatic carbocycles. The molecule has 4 heterocycles. The molecule has 0 aliphatic rings. The minimum absolute atomic E-state index is 0.608. The Morgan fingerprint density at radius 2 is 0.571 bits per heavy atom. The Morgan fingerprint density at radius 3 is 1.06 bits per heavy atom. The zero-order valence-electron chi connectivity index (χ0n) is 34.0. The minimum Gasteiger partial charge on any atom is -0.309 e. The topological polar surface area (TPSA) is 53.5 Å². The zero-order chi connectivity index (χ0) is 41.4. The number of nitrogens with zero attached hydrogens (tertiary/aromatic N) is 6. The van der Waals surface area contributed by atoms with Crippen LogP contribution in [0, 0.1) is 0 Å². The van der Waals surface area contributed by atoms with Crippen molar-refractivity contribution in [1.82, 2.24) is 28.7 Å². The number of benzene rings is 9. The Hall–Kier alpha value is -8.61. The highest BCUT2D eigenvalue weighted by atomic mass is 15.0. The molecule has 6 heteroatoms. The fourth-order valence-corrected chi connectivity index (χ4v) is 9.77. The van der Waals surface area contributed by atoms with E-state index < -0.39 is 0 Å².